The number of carbonyl (C=O) groups is 1. The summed E-state index contributed by atoms with van der Waals surface area (Å²) in [5.41, 5.74) is 2.24. The van der Waals surface area contributed by atoms with E-state index in [1.54, 1.807) is 0 Å². The number of carbonyl (C=O) groups excluding carboxylic acids is 1. The molecule has 3 heterocycles. The number of nitrogens with zero attached hydrogens (tertiary/aromatic N) is 5. The number of amides is 1. The summed E-state index contributed by atoms with van der Waals surface area (Å²) in [6, 6.07) is 8.46. The Morgan fingerprint density at radius 1 is 1.07 bits per heavy atom. The highest BCUT2D eigenvalue weighted by Gasteiger charge is 2.38. The minimum atomic E-state index is 0.161. The Hall–Kier alpha value is -2.21. The molecule has 148 valence electrons. The fourth-order valence-corrected chi connectivity index (χ4v) is 5.06. The third-order valence-corrected chi connectivity index (χ3v) is 6.87. The molecule has 3 aliphatic rings. The highest BCUT2D eigenvalue weighted by atomic mass is 16.2. The molecular formula is C22H29N5O. The van der Waals surface area contributed by atoms with Crippen LogP contribution >= 0.6 is 0 Å². The van der Waals surface area contributed by atoms with Crippen molar-refractivity contribution in [1.29, 1.82) is 0 Å². The molecule has 1 spiro atoms. The standard InChI is InChI=1S/C22H29N5O/c1-25-12-2-9-22(15-25)10-13-26(14-11-22)21(28)18-5-3-17(4-6-18)20-24-23-16-27(20)19-7-8-19/h3-6,16,19H,2,7-15H2,1H3. The Balaban J connectivity index is 1.25. The normalized spacial score (nSPS) is 22.5. The number of benzene rings is 1. The van der Waals surface area contributed by atoms with Crippen molar-refractivity contribution >= 4 is 5.91 Å². The third kappa shape index (κ3) is 3.34. The largest absolute Gasteiger partial charge is 0.339 e. The van der Waals surface area contributed by atoms with E-state index in [1.165, 1.54) is 38.8 Å². The van der Waals surface area contributed by atoms with Crippen LogP contribution in [0.25, 0.3) is 11.4 Å². The molecule has 1 aromatic carbocycles. The first kappa shape index (κ1) is 17.9. The van der Waals surface area contributed by atoms with E-state index in [1.807, 2.05) is 35.5 Å². The van der Waals surface area contributed by atoms with Crippen LogP contribution in [0.2, 0.25) is 0 Å². The lowest BCUT2D eigenvalue weighted by molar-refractivity contribution is 0.0297. The topological polar surface area (TPSA) is 54.3 Å². The van der Waals surface area contributed by atoms with E-state index in [0.29, 0.717) is 11.5 Å². The lowest BCUT2D eigenvalue weighted by Gasteiger charge is -2.47. The van der Waals surface area contributed by atoms with Gasteiger partial charge in [-0.25, -0.2) is 0 Å². The van der Waals surface area contributed by atoms with Crippen LogP contribution in [0.5, 0.6) is 0 Å². The van der Waals surface area contributed by atoms with Gasteiger partial charge in [-0.3, -0.25) is 4.79 Å². The zero-order valence-corrected chi connectivity index (χ0v) is 16.7. The summed E-state index contributed by atoms with van der Waals surface area (Å²) in [7, 11) is 2.23. The molecule has 1 amide bonds. The van der Waals surface area contributed by atoms with Gasteiger partial charge in [-0.15, -0.1) is 10.2 Å². The number of rotatable bonds is 3. The van der Waals surface area contributed by atoms with Gasteiger partial charge in [-0.05, 0) is 69.7 Å². The second-order valence-corrected chi connectivity index (χ2v) is 9.00. The van der Waals surface area contributed by atoms with Crippen LogP contribution in [0.3, 0.4) is 0 Å². The molecular weight excluding hydrogens is 350 g/mol. The molecule has 2 aromatic rings. The Morgan fingerprint density at radius 3 is 2.50 bits per heavy atom. The lowest BCUT2D eigenvalue weighted by atomic mass is 9.72. The van der Waals surface area contributed by atoms with Crippen LogP contribution in [0.15, 0.2) is 30.6 Å². The second kappa shape index (κ2) is 6.99. The monoisotopic (exact) mass is 379 g/mol. The summed E-state index contributed by atoms with van der Waals surface area (Å²) in [4.78, 5) is 17.5. The first-order valence-corrected chi connectivity index (χ1v) is 10.6. The van der Waals surface area contributed by atoms with Crippen LogP contribution in [-0.2, 0) is 0 Å². The molecule has 0 radical (unpaired) electrons. The van der Waals surface area contributed by atoms with Crippen LogP contribution in [-0.4, -0.2) is 63.7 Å². The molecule has 1 saturated carbocycles. The van der Waals surface area contributed by atoms with E-state index in [9.17, 15) is 4.79 Å². The Kier molecular flexibility index (Phi) is 4.46. The number of hydrogen-bond donors (Lipinski definition) is 0. The molecule has 6 nitrogen and oxygen atoms in total. The molecule has 1 aliphatic carbocycles. The molecule has 2 saturated heterocycles. The first-order chi connectivity index (χ1) is 13.6. The quantitative estimate of drug-likeness (QED) is 0.822. The average molecular weight is 380 g/mol. The van der Waals surface area contributed by atoms with Gasteiger partial charge in [0, 0.05) is 36.8 Å². The van der Waals surface area contributed by atoms with E-state index >= 15 is 0 Å². The smallest absolute Gasteiger partial charge is 0.253 e. The molecule has 2 aliphatic heterocycles. The van der Waals surface area contributed by atoms with Crippen molar-refractivity contribution in [1.82, 2.24) is 24.6 Å². The van der Waals surface area contributed by atoms with Gasteiger partial charge in [0.25, 0.3) is 5.91 Å². The van der Waals surface area contributed by atoms with Crippen molar-refractivity contribution in [3.05, 3.63) is 36.2 Å². The van der Waals surface area contributed by atoms with Crippen LogP contribution in [0, 0.1) is 5.41 Å². The van der Waals surface area contributed by atoms with Gasteiger partial charge < -0.3 is 14.4 Å². The SMILES string of the molecule is CN1CCCC2(CCN(C(=O)c3ccc(-c4nncn4C4CC4)cc3)CC2)C1. The van der Waals surface area contributed by atoms with Crippen LogP contribution in [0.4, 0.5) is 0 Å². The molecule has 1 aromatic heterocycles. The van der Waals surface area contributed by atoms with Crippen molar-refractivity contribution < 1.29 is 4.79 Å². The van der Waals surface area contributed by atoms with E-state index < -0.39 is 0 Å². The third-order valence-electron chi connectivity index (χ3n) is 6.87. The summed E-state index contributed by atoms with van der Waals surface area (Å²) in [6.07, 6.45) is 9.09. The average Bonchev–Trinajstić information content (AvgIpc) is 3.44. The lowest BCUT2D eigenvalue weighted by Crippen LogP contribution is -2.49. The predicted octanol–water partition coefficient (Wildman–Crippen LogP) is 3.23. The molecule has 3 fully saturated rings. The van der Waals surface area contributed by atoms with Crippen molar-refractivity contribution in [2.45, 2.75) is 44.6 Å². The van der Waals surface area contributed by atoms with Gasteiger partial charge in [0.05, 0.1) is 0 Å². The van der Waals surface area contributed by atoms with E-state index in [-0.39, 0.29) is 5.91 Å². The second-order valence-electron chi connectivity index (χ2n) is 9.00. The molecule has 0 atom stereocenters. The van der Waals surface area contributed by atoms with E-state index in [4.69, 9.17) is 0 Å². The van der Waals surface area contributed by atoms with Gasteiger partial charge in [0.1, 0.15) is 6.33 Å². The maximum absolute atomic E-state index is 13.0. The maximum atomic E-state index is 13.0. The zero-order chi connectivity index (χ0) is 19.1. The molecule has 28 heavy (non-hydrogen) atoms. The van der Waals surface area contributed by atoms with Gasteiger partial charge in [-0.1, -0.05) is 12.1 Å². The van der Waals surface area contributed by atoms with Gasteiger partial charge >= 0.3 is 0 Å². The Morgan fingerprint density at radius 2 is 1.82 bits per heavy atom. The van der Waals surface area contributed by atoms with Gasteiger partial charge in [0.15, 0.2) is 5.82 Å². The fourth-order valence-electron chi connectivity index (χ4n) is 5.06. The zero-order valence-electron chi connectivity index (χ0n) is 16.7. The number of hydrogen-bond acceptors (Lipinski definition) is 4. The number of likely N-dealkylation sites (tertiary alicyclic amines) is 2. The minimum absolute atomic E-state index is 0.161. The van der Waals surface area contributed by atoms with Crippen molar-refractivity contribution in [3.63, 3.8) is 0 Å². The molecule has 0 unspecified atom stereocenters. The number of aromatic nitrogens is 3. The first-order valence-electron chi connectivity index (χ1n) is 10.6. The molecule has 5 rings (SSSR count). The maximum Gasteiger partial charge on any atom is 0.253 e. The van der Waals surface area contributed by atoms with Gasteiger partial charge in [-0.2, -0.15) is 0 Å². The van der Waals surface area contributed by atoms with Crippen LogP contribution in [0.1, 0.15) is 54.9 Å². The summed E-state index contributed by atoms with van der Waals surface area (Å²) < 4.78 is 2.15. The van der Waals surface area contributed by atoms with E-state index in [0.717, 1.165) is 42.9 Å². The highest BCUT2D eigenvalue weighted by Crippen LogP contribution is 2.40. The van der Waals surface area contributed by atoms with Crippen LogP contribution < -0.4 is 0 Å². The summed E-state index contributed by atoms with van der Waals surface area (Å²) in [5.74, 6) is 1.07. The predicted molar refractivity (Wildman–Crippen MR) is 108 cm³/mol. The van der Waals surface area contributed by atoms with Crippen molar-refractivity contribution in [2.24, 2.45) is 5.41 Å². The number of piperidine rings is 2. The Bertz CT molecular complexity index is 846. The highest BCUT2D eigenvalue weighted by molar-refractivity contribution is 5.94. The summed E-state index contributed by atoms with van der Waals surface area (Å²) in [5, 5.41) is 8.35. The van der Waals surface area contributed by atoms with E-state index in [2.05, 4.69) is 26.7 Å². The molecule has 0 bridgehead atoms. The minimum Gasteiger partial charge on any atom is -0.339 e. The fraction of sp³-hybridized carbons (Fsp3) is 0.591. The van der Waals surface area contributed by atoms with Crippen molar-refractivity contribution in [2.75, 3.05) is 33.2 Å². The molecule has 6 heteroatoms. The van der Waals surface area contributed by atoms with Crippen molar-refractivity contribution in [3.8, 4) is 11.4 Å². The summed E-state index contributed by atoms with van der Waals surface area (Å²) in [6.45, 7) is 4.16. The Labute approximate surface area is 166 Å². The van der Waals surface area contributed by atoms with Gasteiger partial charge in [0.2, 0.25) is 0 Å². The molecule has 0 N–H and O–H groups in total. The summed E-state index contributed by atoms with van der Waals surface area (Å²) >= 11 is 0.